The Morgan fingerprint density at radius 1 is 1.31 bits per heavy atom. The molecule has 1 amide bonds. The number of aromatic nitrogens is 2. The quantitative estimate of drug-likeness (QED) is 0.502. The molecule has 0 aliphatic rings. The molecule has 3 rings (SSSR count). The second-order valence-corrected chi connectivity index (χ2v) is 5.66. The first-order chi connectivity index (χ1) is 12.7. The van der Waals surface area contributed by atoms with Gasteiger partial charge in [-0.25, -0.2) is 5.43 Å². The molecule has 3 aromatic rings. The molecule has 0 saturated carbocycles. The summed E-state index contributed by atoms with van der Waals surface area (Å²) in [5.41, 5.74) is 4.94. The maximum atomic E-state index is 12.2. The highest BCUT2D eigenvalue weighted by molar-refractivity contribution is 5.98. The molecule has 0 fully saturated rings. The number of amides is 1. The van der Waals surface area contributed by atoms with Crippen molar-refractivity contribution < 1.29 is 13.9 Å². The number of rotatable bonds is 7. The summed E-state index contributed by atoms with van der Waals surface area (Å²) in [5, 5.41) is 10.9. The highest BCUT2D eigenvalue weighted by atomic mass is 16.5. The molecular formula is C19H20N4O3. The lowest BCUT2D eigenvalue weighted by molar-refractivity contribution is 0.0950. The van der Waals surface area contributed by atoms with Gasteiger partial charge < -0.3 is 9.15 Å². The number of hydrogen-bond acceptors (Lipinski definition) is 5. The second-order valence-electron chi connectivity index (χ2n) is 5.66. The number of nitrogens with zero attached hydrogens (tertiary/aromatic N) is 2. The minimum Gasteiger partial charge on any atom is -0.494 e. The second kappa shape index (κ2) is 8.15. The number of ether oxygens (including phenoxy) is 1. The lowest BCUT2D eigenvalue weighted by Gasteiger charge is -2.04. The van der Waals surface area contributed by atoms with Crippen LogP contribution in [0.4, 0.5) is 0 Å². The maximum absolute atomic E-state index is 12.2. The van der Waals surface area contributed by atoms with Crippen molar-refractivity contribution in [3.8, 4) is 17.0 Å². The van der Waals surface area contributed by atoms with E-state index in [9.17, 15) is 4.79 Å². The van der Waals surface area contributed by atoms with Crippen molar-refractivity contribution in [2.45, 2.75) is 20.3 Å². The van der Waals surface area contributed by atoms with Gasteiger partial charge in [0.1, 0.15) is 22.9 Å². The Labute approximate surface area is 151 Å². The average Bonchev–Trinajstić information content (AvgIpc) is 3.36. The first-order valence-electron chi connectivity index (χ1n) is 8.34. The van der Waals surface area contributed by atoms with Crippen LogP contribution < -0.4 is 10.2 Å². The predicted octanol–water partition coefficient (Wildman–Crippen LogP) is 3.61. The average molecular weight is 352 g/mol. The summed E-state index contributed by atoms with van der Waals surface area (Å²) in [7, 11) is 0. The van der Waals surface area contributed by atoms with Gasteiger partial charge in [-0.1, -0.05) is 6.92 Å². The Morgan fingerprint density at radius 2 is 2.12 bits per heavy atom. The molecule has 0 unspecified atom stereocenters. The number of hydrazone groups is 1. The van der Waals surface area contributed by atoms with Crippen LogP contribution in [0.15, 0.2) is 58.2 Å². The third-order valence-corrected chi connectivity index (χ3v) is 3.65. The van der Waals surface area contributed by atoms with Crippen molar-refractivity contribution in [1.29, 1.82) is 0 Å². The van der Waals surface area contributed by atoms with Gasteiger partial charge in [0.2, 0.25) is 0 Å². The normalized spacial score (nSPS) is 11.4. The largest absolute Gasteiger partial charge is 0.494 e. The molecule has 7 heteroatoms. The number of carbonyl (C=O) groups is 1. The van der Waals surface area contributed by atoms with E-state index < -0.39 is 0 Å². The molecule has 0 bridgehead atoms. The van der Waals surface area contributed by atoms with Crippen molar-refractivity contribution in [3.05, 3.63) is 60.2 Å². The Kier molecular flexibility index (Phi) is 5.48. The Hall–Kier alpha value is -3.35. The van der Waals surface area contributed by atoms with E-state index in [-0.39, 0.29) is 5.91 Å². The van der Waals surface area contributed by atoms with Gasteiger partial charge in [-0.2, -0.15) is 10.2 Å². The van der Waals surface area contributed by atoms with Gasteiger partial charge in [0, 0.05) is 5.56 Å². The van der Waals surface area contributed by atoms with Crippen LogP contribution in [0, 0.1) is 0 Å². The van der Waals surface area contributed by atoms with Crippen molar-refractivity contribution >= 4 is 11.6 Å². The topological polar surface area (TPSA) is 92.5 Å². The molecule has 0 aliphatic carbocycles. The monoisotopic (exact) mass is 352 g/mol. The summed E-state index contributed by atoms with van der Waals surface area (Å²) in [4.78, 5) is 12.2. The van der Waals surface area contributed by atoms with E-state index in [2.05, 4.69) is 27.6 Å². The molecule has 26 heavy (non-hydrogen) atoms. The summed E-state index contributed by atoms with van der Waals surface area (Å²) in [6, 6.07) is 12.8. The molecule has 134 valence electrons. The van der Waals surface area contributed by atoms with Gasteiger partial charge in [0.15, 0.2) is 0 Å². The smallest absolute Gasteiger partial charge is 0.289 e. The van der Waals surface area contributed by atoms with Gasteiger partial charge in [-0.3, -0.25) is 9.89 Å². The van der Waals surface area contributed by atoms with Gasteiger partial charge in [0.05, 0.1) is 18.6 Å². The number of benzene rings is 1. The van der Waals surface area contributed by atoms with Gasteiger partial charge in [0.25, 0.3) is 5.91 Å². The molecule has 0 atom stereocenters. The third-order valence-electron chi connectivity index (χ3n) is 3.65. The fourth-order valence-corrected chi connectivity index (χ4v) is 2.26. The predicted molar refractivity (Wildman–Crippen MR) is 98.2 cm³/mol. The van der Waals surface area contributed by atoms with Crippen LogP contribution in [0.1, 0.15) is 36.5 Å². The number of H-pyrrole nitrogens is 1. The van der Waals surface area contributed by atoms with E-state index in [4.69, 9.17) is 9.15 Å². The van der Waals surface area contributed by atoms with Crippen LogP contribution >= 0.6 is 0 Å². The highest BCUT2D eigenvalue weighted by Gasteiger charge is 2.11. The zero-order chi connectivity index (χ0) is 18.4. The van der Waals surface area contributed by atoms with Gasteiger partial charge in [-0.15, -0.1) is 0 Å². The van der Waals surface area contributed by atoms with Crippen molar-refractivity contribution in [2.75, 3.05) is 6.61 Å². The summed E-state index contributed by atoms with van der Waals surface area (Å²) < 4.78 is 10.8. The number of furan rings is 1. The Bertz CT molecular complexity index is 880. The molecule has 0 saturated heterocycles. The third kappa shape index (κ3) is 4.18. The molecule has 2 N–H and O–H groups in total. The fraction of sp³-hybridized carbons (Fsp3) is 0.211. The van der Waals surface area contributed by atoms with Crippen molar-refractivity contribution in [3.63, 3.8) is 0 Å². The van der Waals surface area contributed by atoms with Crippen molar-refractivity contribution in [2.24, 2.45) is 5.10 Å². The number of hydrogen-bond donors (Lipinski definition) is 2. The van der Waals surface area contributed by atoms with Crippen LogP contribution in [0.25, 0.3) is 11.3 Å². The molecule has 7 nitrogen and oxygen atoms in total. The van der Waals surface area contributed by atoms with E-state index in [1.54, 1.807) is 31.4 Å². The lowest BCUT2D eigenvalue weighted by Crippen LogP contribution is -2.19. The van der Waals surface area contributed by atoms with E-state index >= 15 is 0 Å². The number of carbonyl (C=O) groups excluding carboxylic acids is 1. The molecule has 0 radical (unpaired) electrons. The van der Waals surface area contributed by atoms with E-state index in [1.807, 2.05) is 24.3 Å². The Morgan fingerprint density at radius 3 is 2.81 bits per heavy atom. The molecule has 2 heterocycles. The van der Waals surface area contributed by atoms with Gasteiger partial charge >= 0.3 is 0 Å². The SMILES string of the molecule is CCCOc1ccc(-c2cc(C(=O)N/N=C(/C)c3ccco3)[nH]n2)cc1. The van der Waals surface area contributed by atoms with E-state index in [0.29, 0.717) is 29.5 Å². The van der Waals surface area contributed by atoms with Crippen LogP contribution in [0.2, 0.25) is 0 Å². The number of aromatic amines is 1. The van der Waals surface area contributed by atoms with Gasteiger partial charge in [-0.05, 0) is 55.8 Å². The summed E-state index contributed by atoms with van der Waals surface area (Å²) in [6.45, 7) is 4.49. The minimum atomic E-state index is -0.377. The first kappa shape index (κ1) is 17.5. The van der Waals surface area contributed by atoms with Crippen LogP contribution in [-0.4, -0.2) is 28.4 Å². The zero-order valence-electron chi connectivity index (χ0n) is 14.7. The minimum absolute atomic E-state index is 0.322. The van der Waals surface area contributed by atoms with Crippen LogP contribution in [-0.2, 0) is 0 Å². The standard InChI is InChI=1S/C19H20N4O3/c1-3-10-25-15-8-6-14(7-9-15)16-12-17(22-21-16)19(24)23-20-13(2)18-5-4-11-26-18/h4-9,11-12H,3,10H2,1-2H3,(H,21,22)(H,23,24)/b20-13-. The van der Waals surface area contributed by atoms with Crippen LogP contribution in [0.3, 0.4) is 0 Å². The fourth-order valence-electron chi connectivity index (χ4n) is 2.26. The first-order valence-corrected chi connectivity index (χ1v) is 8.34. The van der Waals surface area contributed by atoms with E-state index in [0.717, 1.165) is 17.7 Å². The number of nitrogens with one attached hydrogen (secondary N) is 2. The Balaban J connectivity index is 1.65. The maximum Gasteiger partial charge on any atom is 0.289 e. The highest BCUT2D eigenvalue weighted by Crippen LogP contribution is 2.21. The van der Waals surface area contributed by atoms with E-state index in [1.165, 1.54) is 0 Å². The molecule has 0 aliphatic heterocycles. The molecule has 2 aromatic heterocycles. The molecular weight excluding hydrogens is 332 g/mol. The van der Waals surface area contributed by atoms with Crippen molar-refractivity contribution in [1.82, 2.24) is 15.6 Å². The summed E-state index contributed by atoms with van der Waals surface area (Å²) >= 11 is 0. The lowest BCUT2D eigenvalue weighted by atomic mass is 10.1. The summed E-state index contributed by atoms with van der Waals surface area (Å²) in [6.07, 6.45) is 2.51. The van der Waals surface area contributed by atoms with Crippen LogP contribution in [0.5, 0.6) is 5.75 Å². The summed E-state index contributed by atoms with van der Waals surface area (Å²) in [5.74, 6) is 1.03. The molecule has 0 spiro atoms. The zero-order valence-corrected chi connectivity index (χ0v) is 14.7. The molecule has 1 aromatic carbocycles.